The molecule has 3 N–H and O–H groups in total. The van der Waals surface area contributed by atoms with E-state index < -0.39 is 0 Å². The van der Waals surface area contributed by atoms with Crippen molar-refractivity contribution in [3.63, 3.8) is 0 Å². The third-order valence-corrected chi connectivity index (χ3v) is 3.80. The summed E-state index contributed by atoms with van der Waals surface area (Å²) >= 11 is 0. The molecule has 1 aromatic heterocycles. The first-order valence-electron chi connectivity index (χ1n) is 7.33. The fourth-order valence-corrected chi connectivity index (χ4v) is 2.52. The first-order chi connectivity index (χ1) is 10.7. The lowest BCUT2D eigenvalue weighted by molar-refractivity contribution is -0.120. The highest BCUT2D eigenvalue weighted by Crippen LogP contribution is 2.21. The Labute approximate surface area is 128 Å². The van der Waals surface area contributed by atoms with E-state index in [1.165, 1.54) is 5.56 Å². The van der Waals surface area contributed by atoms with E-state index in [4.69, 9.17) is 0 Å². The SMILES string of the molecule is Cc1nonc1CC(=O)NCC1CC(c2ccccc2)NN1. The molecule has 1 saturated heterocycles. The van der Waals surface area contributed by atoms with Gasteiger partial charge < -0.3 is 5.32 Å². The number of rotatable bonds is 5. The van der Waals surface area contributed by atoms with Crippen LogP contribution in [-0.2, 0) is 11.2 Å². The molecule has 0 radical (unpaired) electrons. The molecule has 1 aliphatic rings. The molecule has 1 aromatic carbocycles. The number of carbonyl (C=O) groups excluding carboxylic acids is 1. The monoisotopic (exact) mass is 301 g/mol. The number of hydrazine groups is 1. The van der Waals surface area contributed by atoms with Crippen LogP contribution in [0.4, 0.5) is 0 Å². The zero-order chi connectivity index (χ0) is 15.4. The number of carbonyl (C=O) groups is 1. The molecule has 0 aliphatic carbocycles. The van der Waals surface area contributed by atoms with Crippen molar-refractivity contribution < 1.29 is 9.42 Å². The van der Waals surface area contributed by atoms with Gasteiger partial charge in [0.2, 0.25) is 5.91 Å². The van der Waals surface area contributed by atoms with Crippen molar-refractivity contribution in [2.75, 3.05) is 6.54 Å². The van der Waals surface area contributed by atoms with Crippen molar-refractivity contribution in [1.82, 2.24) is 26.5 Å². The molecule has 2 atom stereocenters. The minimum Gasteiger partial charge on any atom is -0.354 e. The number of hydrogen-bond donors (Lipinski definition) is 3. The van der Waals surface area contributed by atoms with Crippen molar-refractivity contribution in [2.24, 2.45) is 0 Å². The fourth-order valence-electron chi connectivity index (χ4n) is 2.52. The number of nitrogens with one attached hydrogen (secondary N) is 3. The van der Waals surface area contributed by atoms with E-state index in [0.717, 1.165) is 6.42 Å². The minimum atomic E-state index is -0.0799. The molecule has 0 bridgehead atoms. The quantitative estimate of drug-likeness (QED) is 0.751. The summed E-state index contributed by atoms with van der Waals surface area (Å²) in [6.45, 7) is 2.34. The molecule has 1 amide bonds. The second-order valence-electron chi connectivity index (χ2n) is 5.46. The lowest BCUT2D eigenvalue weighted by Gasteiger charge is -2.10. The standard InChI is InChI=1S/C15H19N5O2/c1-10-13(20-22-19-10)8-15(21)16-9-12-7-14(18-17-12)11-5-3-2-4-6-11/h2-6,12,14,17-18H,7-9H2,1H3,(H,16,21). The van der Waals surface area contributed by atoms with Crippen LogP contribution in [0.5, 0.6) is 0 Å². The third kappa shape index (κ3) is 3.49. The van der Waals surface area contributed by atoms with Gasteiger partial charge in [0.15, 0.2) is 0 Å². The van der Waals surface area contributed by atoms with Crippen molar-refractivity contribution in [1.29, 1.82) is 0 Å². The molecule has 7 heteroatoms. The van der Waals surface area contributed by atoms with Crippen molar-refractivity contribution in [3.05, 3.63) is 47.3 Å². The zero-order valence-corrected chi connectivity index (χ0v) is 12.4. The van der Waals surface area contributed by atoms with E-state index in [9.17, 15) is 4.79 Å². The summed E-state index contributed by atoms with van der Waals surface area (Å²) in [5.41, 5.74) is 8.96. The van der Waals surface area contributed by atoms with E-state index in [1.807, 2.05) is 18.2 Å². The summed E-state index contributed by atoms with van der Waals surface area (Å²) in [4.78, 5) is 11.9. The highest BCUT2D eigenvalue weighted by Gasteiger charge is 2.25. The van der Waals surface area contributed by atoms with Gasteiger partial charge >= 0.3 is 0 Å². The summed E-state index contributed by atoms with van der Waals surface area (Å²) in [5.74, 6) is -0.0799. The van der Waals surface area contributed by atoms with E-state index in [0.29, 0.717) is 17.9 Å². The molecule has 2 aromatic rings. The number of hydrogen-bond acceptors (Lipinski definition) is 6. The highest BCUT2D eigenvalue weighted by molar-refractivity contribution is 5.78. The van der Waals surface area contributed by atoms with Crippen LogP contribution in [-0.4, -0.2) is 28.8 Å². The van der Waals surface area contributed by atoms with Crippen LogP contribution in [0.3, 0.4) is 0 Å². The number of aryl methyl sites for hydroxylation is 1. The van der Waals surface area contributed by atoms with Crippen LogP contribution in [0, 0.1) is 6.92 Å². The molecule has 0 spiro atoms. The second kappa shape index (κ2) is 6.67. The molecule has 3 rings (SSSR count). The van der Waals surface area contributed by atoms with Crippen LogP contribution in [0.25, 0.3) is 0 Å². The normalized spacial score (nSPS) is 21.0. The van der Waals surface area contributed by atoms with Gasteiger partial charge in [0.1, 0.15) is 11.4 Å². The van der Waals surface area contributed by atoms with Gasteiger partial charge in [-0.05, 0) is 18.9 Å². The predicted molar refractivity (Wildman–Crippen MR) is 79.6 cm³/mol. The third-order valence-electron chi connectivity index (χ3n) is 3.80. The Hall–Kier alpha value is -2.25. The molecule has 22 heavy (non-hydrogen) atoms. The van der Waals surface area contributed by atoms with Crippen LogP contribution in [0.15, 0.2) is 35.0 Å². The summed E-state index contributed by atoms with van der Waals surface area (Å²) in [7, 11) is 0. The molecular formula is C15H19N5O2. The predicted octanol–water partition coefficient (Wildman–Crippen LogP) is 0.645. The summed E-state index contributed by atoms with van der Waals surface area (Å²) in [6.07, 6.45) is 1.12. The Bertz CT molecular complexity index is 628. The molecular weight excluding hydrogens is 282 g/mol. The molecule has 116 valence electrons. The molecule has 0 saturated carbocycles. The molecule has 1 aliphatic heterocycles. The Morgan fingerprint density at radius 3 is 2.86 bits per heavy atom. The van der Waals surface area contributed by atoms with E-state index in [-0.39, 0.29) is 24.4 Å². The van der Waals surface area contributed by atoms with Crippen LogP contribution in [0.1, 0.15) is 29.4 Å². The van der Waals surface area contributed by atoms with Gasteiger partial charge in [-0.3, -0.25) is 10.2 Å². The van der Waals surface area contributed by atoms with E-state index >= 15 is 0 Å². The fraction of sp³-hybridized carbons (Fsp3) is 0.400. The van der Waals surface area contributed by atoms with Crippen molar-refractivity contribution in [3.8, 4) is 0 Å². The number of benzene rings is 1. The lowest BCUT2D eigenvalue weighted by atomic mass is 10.0. The largest absolute Gasteiger partial charge is 0.354 e. The van der Waals surface area contributed by atoms with Gasteiger partial charge in [0.25, 0.3) is 0 Å². The topological polar surface area (TPSA) is 92.1 Å². The Morgan fingerprint density at radius 1 is 1.32 bits per heavy atom. The second-order valence-corrected chi connectivity index (χ2v) is 5.46. The lowest BCUT2D eigenvalue weighted by Crippen LogP contribution is -2.40. The maximum Gasteiger partial charge on any atom is 0.226 e. The van der Waals surface area contributed by atoms with Gasteiger partial charge in [-0.15, -0.1) is 0 Å². The number of amides is 1. The Balaban J connectivity index is 1.45. The highest BCUT2D eigenvalue weighted by atomic mass is 16.6. The van der Waals surface area contributed by atoms with Crippen LogP contribution >= 0.6 is 0 Å². The van der Waals surface area contributed by atoms with E-state index in [1.54, 1.807) is 6.92 Å². The Morgan fingerprint density at radius 2 is 2.14 bits per heavy atom. The molecule has 2 heterocycles. The number of nitrogens with zero attached hydrogens (tertiary/aromatic N) is 2. The summed E-state index contributed by atoms with van der Waals surface area (Å²) < 4.78 is 4.58. The average molecular weight is 301 g/mol. The molecule has 7 nitrogen and oxygen atoms in total. The smallest absolute Gasteiger partial charge is 0.226 e. The summed E-state index contributed by atoms with van der Waals surface area (Å²) in [5, 5.41) is 10.3. The van der Waals surface area contributed by atoms with Gasteiger partial charge in [0.05, 0.1) is 6.42 Å². The van der Waals surface area contributed by atoms with Crippen LogP contribution < -0.4 is 16.2 Å². The van der Waals surface area contributed by atoms with Gasteiger partial charge in [0, 0.05) is 18.6 Å². The van der Waals surface area contributed by atoms with Gasteiger partial charge in [-0.1, -0.05) is 40.6 Å². The number of aromatic nitrogens is 2. The first kappa shape index (κ1) is 14.7. The van der Waals surface area contributed by atoms with Crippen molar-refractivity contribution in [2.45, 2.75) is 31.8 Å². The Kier molecular flexibility index (Phi) is 4.45. The van der Waals surface area contributed by atoms with Gasteiger partial charge in [-0.25, -0.2) is 10.1 Å². The van der Waals surface area contributed by atoms with E-state index in [2.05, 4.69) is 43.2 Å². The minimum absolute atomic E-state index is 0.0799. The average Bonchev–Trinajstić information content (AvgIpc) is 3.16. The zero-order valence-electron chi connectivity index (χ0n) is 12.4. The first-order valence-corrected chi connectivity index (χ1v) is 7.33. The summed E-state index contributed by atoms with van der Waals surface area (Å²) in [6, 6.07) is 10.7. The van der Waals surface area contributed by atoms with Crippen LogP contribution in [0.2, 0.25) is 0 Å². The molecule has 2 unspecified atom stereocenters. The maximum absolute atomic E-state index is 11.9. The maximum atomic E-state index is 11.9. The van der Waals surface area contributed by atoms with Gasteiger partial charge in [-0.2, -0.15) is 0 Å². The van der Waals surface area contributed by atoms with Crippen molar-refractivity contribution >= 4 is 5.91 Å². The molecule has 1 fully saturated rings.